The van der Waals surface area contributed by atoms with Crippen LogP contribution in [0.1, 0.15) is 20.2 Å². The molecule has 94 valence electrons. The molecule has 1 heterocycles. The molecule has 5 nitrogen and oxygen atoms in total. The van der Waals surface area contributed by atoms with Crippen molar-refractivity contribution in [2.75, 3.05) is 11.1 Å². The average molecular weight is 263 g/mol. The first-order chi connectivity index (χ1) is 8.56. The third-order valence-corrected chi connectivity index (χ3v) is 3.33. The Kier molecular flexibility index (Phi) is 3.47. The molecule has 0 spiro atoms. The summed E-state index contributed by atoms with van der Waals surface area (Å²) in [4.78, 5) is 16.0. The molecule has 1 aromatic heterocycles. The van der Waals surface area contributed by atoms with Crippen LogP contribution in [-0.4, -0.2) is 16.1 Å². The van der Waals surface area contributed by atoms with Crippen LogP contribution in [0.4, 0.5) is 11.4 Å². The number of nitrogens with zero attached hydrogens (tertiary/aromatic N) is 1. The fourth-order valence-corrected chi connectivity index (χ4v) is 2.26. The second kappa shape index (κ2) is 5.05. The van der Waals surface area contributed by atoms with E-state index in [9.17, 15) is 4.79 Å². The van der Waals surface area contributed by atoms with Crippen LogP contribution in [0.3, 0.4) is 0 Å². The van der Waals surface area contributed by atoms with Crippen molar-refractivity contribution in [1.29, 1.82) is 0 Å². The third-order valence-electron chi connectivity index (χ3n) is 2.42. The van der Waals surface area contributed by atoms with Crippen LogP contribution in [0.5, 0.6) is 0 Å². The minimum Gasteiger partial charge on any atom is -0.478 e. The molecule has 0 amide bonds. The quantitative estimate of drug-likeness (QED) is 0.737. The number of aromatic carboxylic acids is 1. The zero-order valence-corrected chi connectivity index (χ0v) is 10.6. The van der Waals surface area contributed by atoms with Gasteiger partial charge in [-0.25, -0.2) is 9.78 Å². The third kappa shape index (κ3) is 2.78. The summed E-state index contributed by atoms with van der Waals surface area (Å²) in [5, 5.41) is 13.0. The molecular formula is C12H13N3O2S. The van der Waals surface area contributed by atoms with E-state index in [1.54, 1.807) is 17.4 Å². The van der Waals surface area contributed by atoms with Crippen LogP contribution >= 0.6 is 11.3 Å². The van der Waals surface area contributed by atoms with E-state index in [1.807, 2.05) is 13.1 Å². The predicted octanol–water partition coefficient (Wildman–Crippen LogP) is 2.34. The highest BCUT2D eigenvalue weighted by Crippen LogP contribution is 2.21. The number of nitrogen functional groups attached to an aromatic ring is 1. The van der Waals surface area contributed by atoms with Crippen molar-refractivity contribution in [2.24, 2.45) is 0 Å². The normalized spacial score (nSPS) is 10.3. The fraction of sp³-hybridized carbons (Fsp3) is 0.167. The first-order valence-electron chi connectivity index (χ1n) is 5.34. The van der Waals surface area contributed by atoms with E-state index in [-0.39, 0.29) is 5.56 Å². The highest BCUT2D eigenvalue weighted by atomic mass is 32.1. The maximum atomic E-state index is 10.8. The molecule has 0 saturated carbocycles. The molecule has 0 aliphatic heterocycles. The van der Waals surface area contributed by atoms with Gasteiger partial charge in [0.15, 0.2) is 0 Å². The molecule has 1 aromatic carbocycles. The molecule has 0 bridgehead atoms. The summed E-state index contributed by atoms with van der Waals surface area (Å²) in [6.45, 7) is 2.58. The topological polar surface area (TPSA) is 88.2 Å². The smallest absolute Gasteiger partial charge is 0.335 e. The van der Waals surface area contributed by atoms with Crippen molar-refractivity contribution in [3.05, 3.63) is 39.8 Å². The van der Waals surface area contributed by atoms with Crippen LogP contribution in [-0.2, 0) is 6.54 Å². The molecule has 2 rings (SSSR count). The fourth-order valence-electron chi connectivity index (χ4n) is 1.53. The number of nitrogens with one attached hydrogen (secondary N) is 1. The van der Waals surface area contributed by atoms with Gasteiger partial charge in [-0.15, -0.1) is 11.3 Å². The van der Waals surface area contributed by atoms with Gasteiger partial charge in [0.1, 0.15) is 0 Å². The molecular weight excluding hydrogens is 250 g/mol. The van der Waals surface area contributed by atoms with Gasteiger partial charge in [-0.2, -0.15) is 0 Å². The Bertz CT molecular complexity index is 580. The van der Waals surface area contributed by atoms with Gasteiger partial charge in [0.05, 0.1) is 28.5 Å². The van der Waals surface area contributed by atoms with Gasteiger partial charge in [-0.1, -0.05) is 0 Å². The van der Waals surface area contributed by atoms with Crippen LogP contribution in [0, 0.1) is 6.92 Å². The number of carbonyl (C=O) groups is 1. The van der Waals surface area contributed by atoms with E-state index in [1.165, 1.54) is 12.1 Å². The van der Waals surface area contributed by atoms with E-state index < -0.39 is 5.97 Å². The molecule has 0 aliphatic carbocycles. The van der Waals surface area contributed by atoms with Gasteiger partial charge in [0.25, 0.3) is 0 Å². The first-order valence-corrected chi connectivity index (χ1v) is 6.16. The number of thiazole rings is 1. The molecule has 0 aliphatic rings. The maximum Gasteiger partial charge on any atom is 0.335 e. The number of hydrogen-bond acceptors (Lipinski definition) is 5. The number of hydrogen-bond donors (Lipinski definition) is 3. The summed E-state index contributed by atoms with van der Waals surface area (Å²) in [6.07, 6.45) is 1.81. The summed E-state index contributed by atoms with van der Waals surface area (Å²) in [5.74, 6) is -0.980. The monoisotopic (exact) mass is 263 g/mol. The second-order valence-electron chi connectivity index (χ2n) is 3.81. The standard InChI is InChI=1S/C12H13N3O2S/c1-7-14-5-9(18-7)6-15-11-3-2-8(12(16)17)4-10(11)13/h2-5,15H,6,13H2,1H3,(H,16,17). The largest absolute Gasteiger partial charge is 0.478 e. The average Bonchev–Trinajstić information content (AvgIpc) is 2.73. The van der Waals surface area contributed by atoms with Crippen LogP contribution in [0.15, 0.2) is 24.4 Å². The highest BCUT2D eigenvalue weighted by molar-refractivity contribution is 7.11. The van der Waals surface area contributed by atoms with Gasteiger partial charge in [0, 0.05) is 11.1 Å². The van der Waals surface area contributed by atoms with Gasteiger partial charge in [0.2, 0.25) is 0 Å². The molecule has 0 fully saturated rings. The molecule has 2 aromatic rings. The lowest BCUT2D eigenvalue weighted by Crippen LogP contribution is -2.04. The number of aromatic nitrogens is 1. The zero-order valence-electron chi connectivity index (χ0n) is 9.80. The lowest BCUT2D eigenvalue weighted by atomic mass is 10.2. The summed E-state index contributed by atoms with van der Waals surface area (Å²) in [6, 6.07) is 4.65. The van der Waals surface area contributed by atoms with Crippen LogP contribution in [0.2, 0.25) is 0 Å². The number of anilines is 2. The van der Waals surface area contributed by atoms with Crippen LogP contribution in [0.25, 0.3) is 0 Å². The van der Waals surface area contributed by atoms with Gasteiger partial charge >= 0.3 is 5.97 Å². The van der Waals surface area contributed by atoms with Crippen molar-refractivity contribution in [3.8, 4) is 0 Å². The Balaban J connectivity index is 2.08. The zero-order chi connectivity index (χ0) is 13.1. The Morgan fingerprint density at radius 3 is 2.89 bits per heavy atom. The molecule has 0 radical (unpaired) electrons. The number of rotatable bonds is 4. The molecule has 0 atom stereocenters. The summed E-state index contributed by atoms with van der Waals surface area (Å²) in [7, 11) is 0. The van der Waals surface area contributed by atoms with E-state index in [4.69, 9.17) is 10.8 Å². The van der Waals surface area contributed by atoms with Crippen molar-refractivity contribution in [3.63, 3.8) is 0 Å². The molecule has 4 N–H and O–H groups in total. The minimum absolute atomic E-state index is 0.187. The second-order valence-corrected chi connectivity index (χ2v) is 5.13. The number of carboxylic acid groups (broad SMARTS) is 1. The van der Waals surface area contributed by atoms with E-state index >= 15 is 0 Å². The highest BCUT2D eigenvalue weighted by Gasteiger charge is 2.06. The van der Waals surface area contributed by atoms with Crippen molar-refractivity contribution in [2.45, 2.75) is 13.5 Å². The Hall–Kier alpha value is -2.08. The number of carboxylic acids is 1. The lowest BCUT2D eigenvalue weighted by Gasteiger charge is -2.08. The number of aryl methyl sites for hydroxylation is 1. The molecule has 18 heavy (non-hydrogen) atoms. The Morgan fingerprint density at radius 1 is 1.56 bits per heavy atom. The first kappa shape index (κ1) is 12.4. The minimum atomic E-state index is -0.980. The number of nitrogens with two attached hydrogens (primary N) is 1. The molecule has 0 unspecified atom stereocenters. The lowest BCUT2D eigenvalue weighted by molar-refractivity contribution is 0.0697. The van der Waals surface area contributed by atoms with Crippen molar-refractivity contribution in [1.82, 2.24) is 4.98 Å². The van der Waals surface area contributed by atoms with Crippen molar-refractivity contribution >= 4 is 28.7 Å². The molecule has 6 heteroatoms. The maximum absolute atomic E-state index is 10.8. The summed E-state index contributed by atoms with van der Waals surface area (Å²) < 4.78 is 0. The van der Waals surface area contributed by atoms with Gasteiger partial charge in [-0.05, 0) is 25.1 Å². The predicted molar refractivity (Wildman–Crippen MR) is 72.0 cm³/mol. The number of benzene rings is 1. The van der Waals surface area contributed by atoms with Gasteiger partial charge in [-0.3, -0.25) is 0 Å². The SMILES string of the molecule is Cc1ncc(CNc2ccc(C(=O)O)cc2N)s1. The van der Waals surface area contributed by atoms with E-state index in [0.29, 0.717) is 12.2 Å². The molecule has 0 saturated heterocycles. The summed E-state index contributed by atoms with van der Waals surface area (Å²) in [5.41, 5.74) is 7.13. The van der Waals surface area contributed by atoms with E-state index in [2.05, 4.69) is 10.3 Å². The van der Waals surface area contributed by atoms with Crippen LogP contribution < -0.4 is 11.1 Å². The Labute approximate surface area is 108 Å². The Morgan fingerprint density at radius 2 is 2.33 bits per heavy atom. The van der Waals surface area contributed by atoms with E-state index in [0.717, 1.165) is 15.6 Å². The summed E-state index contributed by atoms with van der Waals surface area (Å²) >= 11 is 1.61. The van der Waals surface area contributed by atoms with Crippen molar-refractivity contribution < 1.29 is 9.90 Å². The van der Waals surface area contributed by atoms with Gasteiger partial charge < -0.3 is 16.2 Å².